The number of allylic oxidation sites excluding steroid dienone is 6. The van der Waals surface area contributed by atoms with Gasteiger partial charge in [0.05, 0.1) is 5.69 Å². The maximum Gasteiger partial charge on any atom is 0.152 e. The Labute approximate surface area is 204 Å². The van der Waals surface area contributed by atoms with Gasteiger partial charge in [-0.05, 0) is 81.5 Å². The molecule has 2 unspecified atom stereocenters. The van der Waals surface area contributed by atoms with E-state index in [1.54, 1.807) is 6.07 Å². The highest BCUT2D eigenvalue weighted by atomic mass is 32.2. The Morgan fingerprint density at radius 2 is 2.00 bits per heavy atom. The fourth-order valence-electron chi connectivity index (χ4n) is 4.81. The van der Waals surface area contributed by atoms with E-state index in [-0.39, 0.29) is 11.2 Å². The second kappa shape index (κ2) is 11.0. The summed E-state index contributed by atoms with van der Waals surface area (Å²) in [5, 5.41) is 6.96. The van der Waals surface area contributed by atoms with E-state index in [2.05, 4.69) is 81.7 Å². The van der Waals surface area contributed by atoms with Crippen LogP contribution in [0.3, 0.4) is 0 Å². The van der Waals surface area contributed by atoms with Crippen LogP contribution in [-0.2, 0) is 6.54 Å². The van der Waals surface area contributed by atoms with Gasteiger partial charge in [-0.2, -0.15) is 0 Å². The van der Waals surface area contributed by atoms with E-state index in [4.69, 9.17) is 0 Å². The summed E-state index contributed by atoms with van der Waals surface area (Å²) in [5.41, 5.74) is 6.01. The molecule has 0 spiro atoms. The highest BCUT2D eigenvalue weighted by Crippen LogP contribution is 2.40. The third-order valence-electron chi connectivity index (χ3n) is 6.64. The molecule has 0 aromatic heterocycles. The van der Waals surface area contributed by atoms with Gasteiger partial charge in [0.2, 0.25) is 0 Å². The summed E-state index contributed by atoms with van der Waals surface area (Å²) in [6.07, 6.45) is 11.1. The van der Waals surface area contributed by atoms with E-state index >= 15 is 0 Å². The van der Waals surface area contributed by atoms with Crippen molar-refractivity contribution in [2.75, 3.05) is 5.32 Å². The predicted octanol–water partition coefficient (Wildman–Crippen LogP) is 8.06. The van der Waals surface area contributed by atoms with Crippen molar-refractivity contribution in [2.24, 2.45) is 17.3 Å². The maximum atomic E-state index is 14.8. The van der Waals surface area contributed by atoms with Gasteiger partial charge in [0, 0.05) is 39.5 Å². The van der Waals surface area contributed by atoms with Gasteiger partial charge in [-0.3, -0.25) is 4.72 Å². The lowest BCUT2D eigenvalue weighted by molar-refractivity contribution is 0.455. The van der Waals surface area contributed by atoms with Crippen molar-refractivity contribution < 1.29 is 4.39 Å². The van der Waals surface area contributed by atoms with E-state index in [1.165, 1.54) is 41.8 Å². The molecule has 2 atom stereocenters. The SMILES string of the molecule is C=C(/C=C(\C)C1CCC(/C(=C\CC)N/C(=C\C)C(C)(C)C)C1)Nc1ccc2c(c1F)CNS2. The predicted molar refractivity (Wildman–Crippen MR) is 141 cm³/mol. The number of hydrogen-bond donors (Lipinski definition) is 3. The minimum atomic E-state index is -0.183. The number of fused-ring (bicyclic) bond motifs is 1. The van der Waals surface area contributed by atoms with Crippen molar-refractivity contribution in [3.05, 3.63) is 71.0 Å². The van der Waals surface area contributed by atoms with Crippen molar-refractivity contribution in [1.82, 2.24) is 10.0 Å². The van der Waals surface area contributed by atoms with Crippen molar-refractivity contribution in [3.8, 4) is 0 Å². The van der Waals surface area contributed by atoms with E-state index in [0.29, 0.717) is 24.1 Å². The monoisotopic (exact) mass is 469 g/mol. The molecule has 33 heavy (non-hydrogen) atoms. The molecule has 180 valence electrons. The molecule has 3 N–H and O–H groups in total. The molecule has 1 saturated carbocycles. The molecule has 3 rings (SSSR count). The molecule has 0 amide bonds. The molecule has 3 nitrogen and oxygen atoms in total. The first-order chi connectivity index (χ1) is 15.6. The number of benzene rings is 1. The summed E-state index contributed by atoms with van der Waals surface area (Å²) in [6, 6.07) is 3.76. The summed E-state index contributed by atoms with van der Waals surface area (Å²) >= 11 is 1.48. The fraction of sp³-hybridized carbons (Fsp3) is 0.500. The van der Waals surface area contributed by atoms with E-state index in [1.807, 2.05) is 6.07 Å². The molecule has 2 aliphatic rings. The molecule has 0 radical (unpaired) electrons. The average Bonchev–Trinajstić information content (AvgIpc) is 3.42. The van der Waals surface area contributed by atoms with Crippen molar-refractivity contribution in [3.63, 3.8) is 0 Å². The van der Waals surface area contributed by atoms with Gasteiger partial charge in [-0.15, -0.1) is 0 Å². The zero-order valence-electron chi connectivity index (χ0n) is 21.1. The standard InChI is InChI=1S/C28H40FN3S/c1-8-10-23(32-26(9-2)28(5,6)7)21-12-11-20(16-21)18(3)15-19(4)31-24-13-14-25-22(27(24)29)17-30-33-25/h9-10,13-15,20-21,30-32H,4,8,11-12,16-17H2,1-3,5-7H3/b18-15+,23-10+,26-9-. The second-order valence-electron chi connectivity index (χ2n) is 10.2. The zero-order valence-corrected chi connectivity index (χ0v) is 21.9. The van der Waals surface area contributed by atoms with Gasteiger partial charge in [-0.25, -0.2) is 4.39 Å². The third kappa shape index (κ3) is 6.33. The van der Waals surface area contributed by atoms with Crippen LogP contribution in [0.1, 0.15) is 72.8 Å². The summed E-state index contributed by atoms with van der Waals surface area (Å²) < 4.78 is 17.9. The molecule has 1 aromatic carbocycles. The van der Waals surface area contributed by atoms with Gasteiger partial charge in [0.1, 0.15) is 0 Å². The molecule has 1 heterocycles. The van der Waals surface area contributed by atoms with Crippen LogP contribution < -0.4 is 15.4 Å². The lowest BCUT2D eigenvalue weighted by Crippen LogP contribution is -2.27. The van der Waals surface area contributed by atoms with Gasteiger partial charge >= 0.3 is 0 Å². The highest BCUT2D eigenvalue weighted by Gasteiger charge is 2.29. The topological polar surface area (TPSA) is 36.1 Å². The van der Waals surface area contributed by atoms with Crippen LogP contribution in [-0.4, -0.2) is 0 Å². The number of nitrogens with one attached hydrogen (secondary N) is 3. The van der Waals surface area contributed by atoms with Gasteiger partial charge in [0.25, 0.3) is 0 Å². The van der Waals surface area contributed by atoms with Crippen LogP contribution in [0.5, 0.6) is 0 Å². The smallest absolute Gasteiger partial charge is 0.152 e. The Balaban J connectivity index is 1.65. The minimum absolute atomic E-state index is 0.0976. The molecule has 0 bridgehead atoms. The molecular weight excluding hydrogens is 429 g/mol. The Kier molecular flexibility index (Phi) is 8.52. The highest BCUT2D eigenvalue weighted by molar-refractivity contribution is 7.97. The minimum Gasteiger partial charge on any atom is -0.362 e. The van der Waals surface area contributed by atoms with Gasteiger partial charge < -0.3 is 10.6 Å². The lowest BCUT2D eigenvalue weighted by atomic mass is 9.90. The van der Waals surface area contributed by atoms with Gasteiger partial charge in [-0.1, -0.05) is 52.0 Å². The number of rotatable bonds is 8. The number of hydrogen-bond acceptors (Lipinski definition) is 4. The summed E-state index contributed by atoms with van der Waals surface area (Å²) in [6.45, 7) is 18.0. The lowest BCUT2D eigenvalue weighted by Gasteiger charge is -2.28. The Morgan fingerprint density at radius 1 is 1.27 bits per heavy atom. The molecule has 1 aliphatic carbocycles. The van der Waals surface area contributed by atoms with Gasteiger partial charge in [0.15, 0.2) is 5.82 Å². The fourth-order valence-corrected chi connectivity index (χ4v) is 5.61. The first-order valence-corrected chi connectivity index (χ1v) is 12.9. The third-order valence-corrected chi connectivity index (χ3v) is 7.54. The Morgan fingerprint density at radius 3 is 2.67 bits per heavy atom. The van der Waals surface area contributed by atoms with Crippen molar-refractivity contribution >= 4 is 17.6 Å². The van der Waals surface area contributed by atoms with E-state index in [9.17, 15) is 4.39 Å². The van der Waals surface area contributed by atoms with Crippen LogP contribution >= 0.6 is 11.9 Å². The normalized spacial score (nSPS) is 21.8. The summed E-state index contributed by atoms with van der Waals surface area (Å²) in [4.78, 5) is 0.962. The van der Waals surface area contributed by atoms with Crippen LogP contribution in [0.15, 0.2) is 64.5 Å². The summed E-state index contributed by atoms with van der Waals surface area (Å²) in [5.74, 6) is 0.873. The first kappa shape index (κ1) is 25.6. The molecule has 1 fully saturated rings. The molecular formula is C28H40FN3S. The molecule has 0 saturated heterocycles. The Hall–Kier alpha value is -1.98. The van der Waals surface area contributed by atoms with Crippen LogP contribution in [0.4, 0.5) is 10.1 Å². The Bertz CT molecular complexity index is 968. The average molecular weight is 470 g/mol. The van der Waals surface area contributed by atoms with Crippen LogP contribution in [0.25, 0.3) is 0 Å². The van der Waals surface area contributed by atoms with Crippen LogP contribution in [0.2, 0.25) is 0 Å². The van der Waals surface area contributed by atoms with E-state index in [0.717, 1.165) is 29.0 Å². The molecule has 1 aromatic rings. The quantitative estimate of drug-likeness (QED) is 0.266. The van der Waals surface area contributed by atoms with Crippen molar-refractivity contribution in [2.45, 2.75) is 78.7 Å². The van der Waals surface area contributed by atoms with Crippen LogP contribution in [0, 0.1) is 23.1 Å². The van der Waals surface area contributed by atoms with E-state index < -0.39 is 0 Å². The molecule has 1 aliphatic heterocycles. The first-order valence-electron chi connectivity index (χ1n) is 12.1. The number of halogens is 1. The summed E-state index contributed by atoms with van der Waals surface area (Å²) in [7, 11) is 0. The number of anilines is 1. The zero-order chi connectivity index (χ0) is 24.2. The largest absolute Gasteiger partial charge is 0.362 e. The maximum absolute atomic E-state index is 14.8. The molecule has 5 heteroatoms. The van der Waals surface area contributed by atoms with Crippen molar-refractivity contribution in [1.29, 1.82) is 0 Å². The second-order valence-corrected chi connectivity index (χ2v) is 11.2.